The number of nitrogens with one attached hydrogen (secondary N) is 1. The zero-order valence-corrected chi connectivity index (χ0v) is 16.6. The van der Waals surface area contributed by atoms with Crippen LogP contribution in [0.5, 0.6) is 5.75 Å². The van der Waals surface area contributed by atoms with E-state index in [9.17, 15) is 9.90 Å². The Kier molecular flexibility index (Phi) is 6.73. The highest BCUT2D eigenvalue weighted by atomic mass is 35.5. The number of hydrogen-bond acceptors (Lipinski definition) is 5. The average Bonchev–Trinajstić information content (AvgIpc) is 3.14. The third-order valence-corrected chi connectivity index (χ3v) is 4.86. The van der Waals surface area contributed by atoms with Crippen LogP contribution in [-0.4, -0.2) is 26.3 Å². The second-order valence-corrected chi connectivity index (χ2v) is 7.24. The lowest BCUT2D eigenvalue weighted by Gasteiger charge is -2.10. The normalized spacial score (nSPS) is 11.4. The van der Waals surface area contributed by atoms with E-state index in [0.29, 0.717) is 40.3 Å². The molecule has 0 unspecified atom stereocenters. The number of halogens is 1. The first-order valence-electron chi connectivity index (χ1n) is 8.55. The van der Waals surface area contributed by atoms with Crippen molar-refractivity contribution in [3.63, 3.8) is 0 Å². The number of para-hydroxylation sites is 1. The Hall–Kier alpha value is -2.77. The second kappa shape index (κ2) is 9.43. The van der Waals surface area contributed by atoms with Gasteiger partial charge in [-0.2, -0.15) is 0 Å². The SMILES string of the molecule is CCc1nc(S/C(=C\c2ccccc2OCc2cccc(Cl)c2)C(=O)O)n[nH]1. The van der Waals surface area contributed by atoms with Gasteiger partial charge in [0.2, 0.25) is 5.16 Å². The monoisotopic (exact) mass is 415 g/mol. The molecule has 0 radical (unpaired) electrons. The number of thioether (sulfide) groups is 1. The van der Waals surface area contributed by atoms with Crippen molar-refractivity contribution in [1.82, 2.24) is 15.2 Å². The molecule has 0 amide bonds. The molecule has 2 N–H and O–H groups in total. The molecule has 3 rings (SSSR count). The number of aromatic nitrogens is 3. The zero-order valence-electron chi connectivity index (χ0n) is 15.1. The number of benzene rings is 2. The largest absolute Gasteiger partial charge is 0.488 e. The van der Waals surface area contributed by atoms with E-state index in [2.05, 4.69) is 15.2 Å². The summed E-state index contributed by atoms with van der Waals surface area (Å²) in [5.41, 5.74) is 1.58. The van der Waals surface area contributed by atoms with Crippen LogP contribution in [0.3, 0.4) is 0 Å². The second-order valence-electron chi connectivity index (χ2n) is 5.79. The molecule has 2 aromatic carbocycles. The third-order valence-electron chi connectivity index (χ3n) is 3.75. The highest BCUT2D eigenvalue weighted by Gasteiger charge is 2.14. The van der Waals surface area contributed by atoms with Crippen LogP contribution in [-0.2, 0) is 17.8 Å². The van der Waals surface area contributed by atoms with Gasteiger partial charge in [-0.15, -0.1) is 5.10 Å². The van der Waals surface area contributed by atoms with Gasteiger partial charge in [-0.3, -0.25) is 5.10 Å². The van der Waals surface area contributed by atoms with E-state index < -0.39 is 5.97 Å². The minimum atomic E-state index is -1.06. The van der Waals surface area contributed by atoms with Crippen molar-refractivity contribution in [2.24, 2.45) is 0 Å². The van der Waals surface area contributed by atoms with Gasteiger partial charge < -0.3 is 9.84 Å². The van der Waals surface area contributed by atoms with Gasteiger partial charge in [0.25, 0.3) is 0 Å². The molecule has 28 heavy (non-hydrogen) atoms. The molecular weight excluding hydrogens is 398 g/mol. The van der Waals surface area contributed by atoms with E-state index >= 15 is 0 Å². The fourth-order valence-corrected chi connectivity index (χ4v) is 3.30. The average molecular weight is 416 g/mol. The summed E-state index contributed by atoms with van der Waals surface area (Å²) in [6, 6.07) is 14.6. The molecule has 0 aliphatic carbocycles. The minimum Gasteiger partial charge on any atom is -0.488 e. The fourth-order valence-electron chi connectivity index (χ4n) is 2.38. The molecule has 0 atom stereocenters. The summed E-state index contributed by atoms with van der Waals surface area (Å²) >= 11 is 6.99. The molecular formula is C20H18ClN3O3S. The molecule has 0 fully saturated rings. The molecule has 0 saturated heterocycles. The molecule has 3 aromatic rings. The number of aromatic amines is 1. The maximum absolute atomic E-state index is 11.7. The Bertz CT molecular complexity index is 1000. The maximum atomic E-state index is 11.7. The van der Waals surface area contributed by atoms with Crippen LogP contribution in [0, 0.1) is 0 Å². The van der Waals surface area contributed by atoms with Crippen LogP contribution >= 0.6 is 23.4 Å². The van der Waals surface area contributed by atoms with Crippen molar-refractivity contribution < 1.29 is 14.6 Å². The highest BCUT2D eigenvalue weighted by Crippen LogP contribution is 2.29. The Morgan fingerprint density at radius 2 is 2.11 bits per heavy atom. The van der Waals surface area contributed by atoms with E-state index in [1.165, 1.54) is 0 Å². The number of rotatable bonds is 8. The van der Waals surface area contributed by atoms with Crippen LogP contribution in [0.2, 0.25) is 5.02 Å². The molecule has 1 heterocycles. The zero-order chi connectivity index (χ0) is 19.9. The van der Waals surface area contributed by atoms with Gasteiger partial charge in [-0.05, 0) is 41.6 Å². The quantitative estimate of drug-likeness (QED) is 0.405. The maximum Gasteiger partial charge on any atom is 0.342 e. The number of carboxylic acids is 1. The Morgan fingerprint density at radius 3 is 2.82 bits per heavy atom. The molecule has 0 aliphatic rings. The molecule has 0 spiro atoms. The van der Waals surface area contributed by atoms with E-state index in [-0.39, 0.29) is 4.91 Å². The van der Waals surface area contributed by atoms with Crippen LogP contribution in [0.15, 0.2) is 58.6 Å². The predicted molar refractivity (Wildman–Crippen MR) is 109 cm³/mol. The number of aliphatic carboxylic acids is 1. The molecule has 0 saturated carbocycles. The van der Waals surface area contributed by atoms with Crippen molar-refractivity contribution in [3.05, 3.63) is 75.4 Å². The lowest BCUT2D eigenvalue weighted by molar-refractivity contribution is -0.131. The number of H-pyrrole nitrogens is 1. The van der Waals surface area contributed by atoms with Gasteiger partial charge in [0.1, 0.15) is 23.1 Å². The molecule has 144 valence electrons. The van der Waals surface area contributed by atoms with E-state index in [4.69, 9.17) is 16.3 Å². The van der Waals surface area contributed by atoms with Gasteiger partial charge >= 0.3 is 5.97 Å². The number of ether oxygens (including phenoxy) is 1. The van der Waals surface area contributed by atoms with Gasteiger partial charge in [0.05, 0.1) is 0 Å². The summed E-state index contributed by atoms with van der Waals surface area (Å²) in [6.45, 7) is 2.26. The number of carboxylic acid groups (broad SMARTS) is 1. The van der Waals surface area contributed by atoms with Crippen molar-refractivity contribution >= 4 is 35.4 Å². The first-order chi connectivity index (χ1) is 13.5. The summed E-state index contributed by atoms with van der Waals surface area (Å²) in [5, 5.41) is 17.4. The van der Waals surface area contributed by atoms with Crippen molar-refractivity contribution in [3.8, 4) is 5.75 Å². The van der Waals surface area contributed by atoms with Gasteiger partial charge in [-0.25, -0.2) is 9.78 Å². The highest BCUT2D eigenvalue weighted by molar-refractivity contribution is 8.04. The van der Waals surface area contributed by atoms with Crippen LogP contribution in [0.1, 0.15) is 23.9 Å². The van der Waals surface area contributed by atoms with E-state index in [1.54, 1.807) is 24.3 Å². The predicted octanol–water partition coefficient (Wildman–Crippen LogP) is 4.82. The topological polar surface area (TPSA) is 88.1 Å². The van der Waals surface area contributed by atoms with E-state index in [0.717, 1.165) is 17.3 Å². The number of aryl methyl sites for hydroxylation is 1. The van der Waals surface area contributed by atoms with Crippen molar-refractivity contribution in [1.29, 1.82) is 0 Å². The summed E-state index contributed by atoms with van der Waals surface area (Å²) in [4.78, 5) is 16.0. The lowest BCUT2D eigenvalue weighted by atomic mass is 10.2. The molecule has 1 aromatic heterocycles. The molecule has 8 heteroatoms. The minimum absolute atomic E-state index is 0.0976. The molecule has 6 nitrogen and oxygen atoms in total. The Labute approximate surface area is 171 Å². The van der Waals surface area contributed by atoms with E-state index in [1.807, 2.05) is 37.3 Å². The molecule has 0 aliphatic heterocycles. The van der Waals surface area contributed by atoms with Gasteiger partial charge in [0.15, 0.2) is 0 Å². The number of carbonyl (C=O) groups is 1. The first kappa shape index (κ1) is 20.0. The summed E-state index contributed by atoms with van der Waals surface area (Å²) < 4.78 is 5.89. The van der Waals surface area contributed by atoms with Crippen molar-refractivity contribution in [2.45, 2.75) is 25.1 Å². The summed E-state index contributed by atoms with van der Waals surface area (Å²) in [7, 11) is 0. The standard InChI is InChI=1S/C20H18ClN3O3S/c1-2-18-22-20(24-23-18)28-17(19(25)26)11-14-7-3-4-9-16(14)27-12-13-6-5-8-15(21)10-13/h3-11H,2,12H2,1H3,(H,25,26)(H,22,23,24)/b17-11-. The lowest BCUT2D eigenvalue weighted by Crippen LogP contribution is -2.00. The van der Waals surface area contributed by atoms with Gasteiger partial charge in [-0.1, -0.05) is 48.9 Å². The number of hydrogen-bond donors (Lipinski definition) is 2. The van der Waals surface area contributed by atoms with Gasteiger partial charge in [0, 0.05) is 17.0 Å². The smallest absolute Gasteiger partial charge is 0.342 e. The summed E-state index contributed by atoms with van der Waals surface area (Å²) in [5.74, 6) is 0.223. The Morgan fingerprint density at radius 1 is 1.29 bits per heavy atom. The fraction of sp³-hybridized carbons (Fsp3) is 0.150. The van der Waals surface area contributed by atoms with Crippen LogP contribution in [0.4, 0.5) is 0 Å². The van der Waals surface area contributed by atoms with Crippen LogP contribution in [0.25, 0.3) is 6.08 Å². The van der Waals surface area contributed by atoms with Crippen molar-refractivity contribution in [2.75, 3.05) is 0 Å². The number of nitrogens with zero attached hydrogens (tertiary/aromatic N) is 2. The first-order valence-corrected chi connectivity index (χ1v) is 9.75. The summed E-state index contributed by atoms with van der Waals surface area (Å²) in [6.07, 6.45) is 2.25. The van der Waals surface area contributed by atoms with Crippen LogP contribution < -0.4 is 4.74 Å². The Balaban J connectivity index is 1.81. The molecule has 0 bridgehead atoms. The third kappa shape index (κ3) is 5.37.